The SMILES string of the molecule is C#CCOC(=O)C(=O)N(CC#C)C/C=C\C#CCOC(=O)C(=O)N(C)CC#C. The Hall–Kier alpha value is -4.14. The molecule has 0 aliphatic heterocycles. The lowest BCUT2D eigenvalue weighted by atomic mass is 10.4. The maximum atomic E-state index is 11.9. The van der Waals surface area contributed by atoms with Crippen LogP contribution >= 0.6 is 0 Å². The zero-order chi connectivity index (χ0) is 21.4. The van der Waals surface area contributed by atoms with Crippen molar-refractivity contribution < 1.29 is 28.7 Å². The molecule has 0 spiro atoms. The zero-order valence-corrected chi connectivity index (χ0v) is 15.3. The second-order valence-corrected chi connectivity index (χ2v) is 4.84. The molecule has 0 heterocycles. The fourth-order valence-corrected chi connectivity index (χ4v) is 1.49. The maximum absolute atomic E-state index is 11.9. The lowest BCUT2D eigenvalue weighted by Gasteiger charge is -2.16. The average molecular weight is 382 g/mol. The molecule has 144 valence electrons. The molecule has 0 unspecified atom stereocenters. The van der Waals surface area contributed by atoms with Gasteiger partial charge in [-0.2, -0.15) is 0 Å². The smallest absolute Gasteiger partial charge is 0.398 e. The van der Waals surface area contributed by atoms with E-state index in [2.05, 4.69) is 39.1 Å². The summed E-state index contributed by atoms with van der Waals surface area (Å²) < 4.78 is 9.21. The lowest BCUT2D eigenvalue weighted by molar-refractivity contribution is -0.158. The lowest BCUT2D eigenvalue weighted by Crippen LogP contribution is -2.38. The molecule has 0 aromatic heterocycles. The number of carbonyl (C=O) groups is 4. The van der Waals surface area contributed by atoms with Gasteiger partial charge in [-0.25, -0.2) is 9.59 Å². The highest BCUT2D eigenvalue weighted by molar-refractivity contribution is 6.32. The van der Waals surface area contributed by atoms with E-state index in [1.165, 1.54) is 19.2 Å². The monoisotopic (exact) mass is 382 g/mol. The Morgan fingerprint density at radius 1 is 0.893 bits per heavy atom. The highest BCUT2D eigenvalue weighted by Crippen LogP contribution is 1.94. The number of likely N-dealkylation sites (N-methyl/N-ethyl adjacent to an activating group) is 1. The first-order valence-corrected chi connectivity index (χ1v) is 7.71. The summed E-state index contributed by atoms with van der Waals surface area (Å²) in [6.07, 6.45) is 18.0. The van der Waals surface area contributed by atoms with Gasteiger partial charge in [-0.3, -0.25) is 9.59 Å². The van der Waals surface area contributed by atoms with Crippen LogP contribution in [0.1, 0.15) is 0 Å². The third-order valence-electron chi connectivity index (χ3n) is 2.78. The van der Waals surface area contributed by atoms with E-state index < -0.39 is 23.8 Å². The molecule has 0 aliphatic rings. The maximum Gasteiger partial charge on any atom is 0.398 e. The van der Waals surface area contributed by atoms with Gasteiger partial charge in [-0.05, 0) is 6.08 Å². The van der Waals surface area contributed by atoms with E-state index in [1.807, 2.05) is 0 Å². The summed E-state index contributed by atoms with van der Waals surface area (Å²) in [4.78, 5) is 48.4. The fourth-order valence-electron chi connectivity index (χ4n) is 1.49. The van der Waals surface area contributed by atoms with E-state index in [-0.39, 0.29) is 32.8 Å². The zero-order valence-electron chi connectivity index (χ0n) is 15.3. The topological polar surface area (TPSA) is 93.2 Å². The van der Waals surface area contributed by atoms with Gasteiger partial charge >= 0.3 is 23.8 Å². The van der Waals surface area contributed by atoms with Crippen LogP contribution in [-0.4, -0.2) is 73.4 Å². The summed E-state index contributed by atoms with van der Waals surface area (Å²) >= 11 is 0. The Labute approximate surface area is 163 Å². The van der Waals surface area contributed by atoms with E-state index >= 15 is 0 Å². The third-order valence-corrected chi connectivity index (χ3v) is 2.78. The van der Waals surface area contributed by atoms with Crippen LogP contribution in [0.3, 0.4) is 0 Å². The molecule has 2 amide bonds. The van der Waals surface area contributed by atoms with Gasteiger partial charge in [0.25, 0.3) is 0 Å². The Morgan fingerprint density at radius 3 is 2.11 bits per heavy atom. The Morgan fingerprint density at radius 2 is 1.50 bits per heavy atom. The van der Waals surface area contributed by atoms with E-state index in [0.717, 1.165) is 9.80 Å². The quantitative estimate of drug-likeness (QED) is 0.326. The van der Waals surface area contributed by atoms with Crippen molar-refractivity contribution in [1.82, 2.24) is 9.80 Å². The van der Waals surface area contributed by atoms with Crippen LogP contribution < -0.4 is 0 Å². The fraction of sp³-hybridized carbons (Fsp3) is 0.300. The first kappa shape index (κ1) is 23.9. The summed E-state index contributed by atoms with van der Waals surface area (Å²) in [6, 6.07) is 0. The molecule has 0 fully saturated rings. The van der Waals surface area contributed by atoms with E-state index in [4.69, 9.17) is 19.3 Å². The standard InChI is InChI=1S/C20H18N2O6/c1-5-12-21(4)17(23)19(25)28-16-11-9-8-10-14-22(13-6-2)18(24)20(26)27-15-7-3/h1-3,8,10H,12-16H2,4H3/b10-8-. The van der Waals surface area contributed by atoms with E-state index in [0.29, 0.717) is 0 Å². The van der Waals surface area contributed by atoms with Crippen LogP contribution in [0, 0.1) is 48.9 Å². The number of amides is 2. The predicted molar refractivity (Wildman–Crippen MR) is 99.6 cm³/mol. The molecule has 0 saturated heterocycles. The van der Waals surface area contributed by atoms with Gasteiger partial charge in [0.05, 0.1) is 13.1 Å². The molecule has 0 aromatic rings. The summed E-state index contributed by atoms with van der Waals surface area (Å²) in [5, 5.41) is 0. The molecule has 0 radical (unpaired) electrons. The van der Waals surface area contributed by atoms with Crippen LogP contribution in [0.4, 0.5) is 0 Å². The molecular weight excluding hydrogens is 364 g/mol. The van der Waals surface area contributed by atoms with Gasteiger partial charge in [0.1, 0.15) is 0 Å². The van der Waals surface area contributed by atoms with Crippen molar-refractivity contribution in [3.05, 3.63) is 12.2 Å². The molecule has 0 saturated carbocycles. The van der Waals surface area contributed by atoms with Crippen molar-refractivity contribution in [1.29, 1.82) is 0 Å². The van der Waals surface area contributed by atoms with Gasteiger partial charge in [-0.1, -0.05) is 35.7 Å². The molecule has 0 atom stereocenters. The number of rotatable bonds is 6. The normalized spacial score (nSPS) is 8.93. The van der Waals surface area contributed by atoms with Gasteiger partial charge < -0.3 is 19.3 Å². The van der Waals surface area contributed by atoms with Gasteiger partial charge in [0.15, 0.2) is 13.2 Å². The summed E-state index contributed by atoms with van der Waals surface area (Å²) in [6.45, 7) is -0.782. The largest absolute Gasteiger partial charge is 0.445 e. The van der Waals surface area contributed by atoms with Crippen LogP contribution in [0.2, 0.25) is 0 Å². The van der Waals surface area contributed by atoms with E-state index in [1.54, 1.807) is 0 Å². The van der Waals surface area contributed by atoms with Crippen molar-refractivity contribution in [2.24, 2.45) is 0 Å². The summed E-state index contributed by atoms with van der Waals surface area (Å²) in [7, 11) is 1.36. The molecular formula is C20H18N2O6. The number of hydrogen-bond acceptors (Lipinski definition) is 6. The molecule has 0 N–H and O–H groups in total. The Balaban J connectivity index is 4.50. The molecule has 8 heteroatoms. The second-order valence-electron chi connectivity index (χ2n) is 4.84. The van der Waals surface area contributed by atoms with Gasteiger partial charge in [-0.15, -0.1) is 19.3 Å². The summed E-state index contributed by atoms with van der Waals surface area (Å²) in [5.74, 6) is 7.54. The van der Waals surface area contributed by atoms with Crippen molar-refractivity contribution in [3.8, 4) is 48.9 Å². The van der Waals surface area contributed by atoms with Crippen LogP contribution in [0.25, 0.3) is 0 Å². The second kappa shape index (κ2) is 14.1. The van der Waals surface area contributed by atoms with Crippen LogP contribution in [0.5, 0.6) is 0 Å². The number of nitrogens with zero attached hydrogens (tertiary/aromatic N) is 2. The van der Waals surface area contributed by atoms with Crippen molar-refractivity contribution >= 4 is 23.8 Å². The van der Waals surface area contributed by atoms with Crippen molar-refractivity contribution in [2.75, 3.05) is 39.9 Å². The van der Waals surface area contributed by atoms with E-state index in [9.17, 15) is 19.2 Å². The minimum atomic E-state index is -1.11. The third kappa shape index (κ3) is 9.37. The molecule has 28 heavy (non-hydrogen) atoms. The average Bonchev–Trinajstić information content (AvgIpc) is 2.69. The first-order chi connectivity index (χ1) is 13.4. The Bertz CT molecular complexity index is 811. The molecule has 0 aliphatic carbocycles. The highest BCUT2D eigenvalue weighted by atomic mass is 16.5. The first-order valence-electron chi connectivity index (χ1n) is 7.71. The summed E-state index contributed by atoms with van der Waals surface area (Å²) in [5.41, 5.74) is 0. The minimum Gasteiger partial charge on any atom is -0.445 e. The molecule has 0 aromatic carbocycles. The number of hydrogen-bond donors (Lipinski definition) is 0. The van der Waals surface area contributed by atoms with Gasteiger partial charge in [0.2, 0.25) is 0 Å². The van der Waals surface area contributed by atoms with Crippen molar-refractivity contribution in [2.45, 2.75) is 0 Å². The Kier molecular flexibility index (Phi) is 12.0. The number of allylic oxidation sites excluding steroid dienone is 1. The minimum absolute atomic E-state index is 0.00196. The van der Waals surface area contributed by atoms with Crippen LogP contribution in [-0.2, 0) is 28.7 Å². The van der Waals surface area contributed by atoms with Crippen LogP contribution in [0.15, 0.2) is 12.2 Å². The number of carbonyl (C=O) groups excluding carboxylic acids is 4. The number of ether oxygens (including phenoxy) is 2. The molecule has 8 nitrogen and oxygen atoms in total. The van der Waals surface area contributed by atoms with Gasteiger partial charge in [0, 0.05) is 13.6 Å². The molecule has 0 bridgehead atoms. The number of terminal acetylenes is 3. The highest BCUT2D eigenvalue weighted by Gasteiger charge is 2.21. The number of esters is 2. The van der Waals surface area contributed by atoms with Crippen molar-refractivity contribution in [3.63, 3.8) is 0 Å². The predicted octanol–water partition coefficient (Wildman–Crippen LogP) is -1.18. The molecule has 0 rings (SSSR count).